The fourth-order valence-corrected chi connectivity index (χ4v) is 2.24. The molecule has 0 radical (unpaired) electrons. The molecule has 2 aliphatic heterocycles. The number of hydrogen-bond acceptors (Lipinski definition) is 9. The molecule has 0 amide bonds. The van der Waals surface area contributed by atoms with Gasteiger partial charge in [-0.15, -0.1) is 0 Å². The summed E-state index contributed by atoms with van der Waals surface area (Å²) in [6, 6.07) is 0. The van der Waals surface area contributed by atoms with Crippen molar-refractivity contribution in [3.63, 3.8) is 0 Å². The van der Waals surface area contributed by atoms with Crippen LogP contribution in [0.2, 0.25) is 0 Å². The van der Waals surface area contributed by atoms with Crippen LogP contribution in [0.25, 0.3) is 0 Å². The lowest BCUT2D eigenvalue weighted by atomic mass is 10.00. The van der Waals surface area contributed by atoms with E-state index in [9.17, 15) is 19.2 Å². The van der Waals surface area contributed by atoms with Gasteiger partial charge in [0, 0.05) is 20.8 Å². The highest BCUT2D eigenvalue weighted by Gasteiger charge is 2.60. The highest BCUT2D eigenvalue weighted by atomic mass is 16.8. The number of esters is 4. The van der Waals surface area contributed by atoms with Gasteiger partial charge in [0.25, 0.3) is 0 Å². The Hall–Kier alpha value is -2.16. The van der Waals surface area contributed by atoms with Crippen LogP contribution in [0.3, 0.4) is 0 Å². The van der Waals surface area contributed by atoms with Gasteiger partial charge < -0.3 is 23.7 Å². The number of hydrogen-bond donors (Lipinski definition) is 0. The van der Waals surface area contributed by atoms with E-state index in [0.717, 1.165) is 20.8 Å². The van der Waals surface area contributed by atoms with Gasteiger partial charge >= 0.3 is 23.9 Å². The fraction of sp³-hybridized carbons (Fsp3) is 0.667. The van der Waals surface area contributed by atoms with Gasteiger partial charge in [-0.1, -0.05) is 0 Å². The van der Waals surface area contributed by atoms with Crippen LogP contribution >= 0.6 is 0 Å². The monoisotopic (exact) mass is 302 g/mol. The normalized spacial score (nSPS) is 33.9. The van der Waals surface area contributed by atoms with Gasteiger partial charge in [0.05, 0.1) is 0 Å². The molecule has 2 aliphatic rings. The van der Waals surface area contributed by atoms with E-state index in [0.29, 0.717) is 0 Å². The second kappa shape index (κ2) is 5.68. The summed E-state index contributed by atoms with van der Waals surface area (Å²) >= 11 is 0. The second-order valence-corrected chi connectivity index (χ2v) is 4.58. The first-order valence-corrected chi connectivity index (χ1v) is 6.17. The standard InChI is InChI=1S/C12H14O9/c1-4(13)17-7-8(18-5(2)14)10(19-6(3)15)12-20-9(7)11(16)21-12/h7-10,12H,1-3H3. The summed E-state index contributed by atoms with van der Waals surface area (Å²) in [4.78, 5) is 45.2. The zero-order valence-corrected chi connectivity index (χ0v) is 11.6. The molecule has 0 saturated carbocycles. The van der Waals surface area contributed by atoms with E-state index in [1.807, 2.05) is 0 Å². The highest BCUT2D eigenvalue weighted by Crippen LogP contribution is 2.34. The second-order valence-electron chi connectivity index (χ2n) is 4.58. The van der Waals surface area contributed by atoms with E-state index in [1.165, 1.54) is 0 Å². The predicted molar refractivity (Wildman–Crippen MR) is 61.4 cm³/mol. The van der Waals surface area contributed by atoms with Gasteiger partial charge in [0.15, 0.2) is 18.3 Å². The van der Waals surface area contributed by atoms with Gasteiger partial charge in [-0.25, -0.2) is 4.79 Å². The van der Waals surface area contributed by atoms with Crippen molar-refractivity contribution in [1.29, 1.82) is 0 Å². The Morgan fingerprint density at radius 3 is 1.86 bits per heavy atom. The van der Waals surface area contributed by atoms with E-state index in [4.69, 9.17) is 23.7 Å². The van der Waals surface area contributed by atoms with E-state index >= 15 is 0 Å². The maximum absolute atomic E-state index is 11.7. The molecule has 2 bridgehead atoms. The number of carbonyl (C=O) groups is 4. The van der Waals surface area contributed by atoms with Crippen LogP contribution in [0, 0.1) is 0 Å². The fourth-order valence-electron chi connectivity index (χ4n) is 2.24. The molecule has 2 fully saturated rings. The maximum atomic E-state index is 11.7. The van der Waals surface area contributed by atoms with Crippen molar-refractivity contribution in [2.75, 3.05) is 0 Å². The molecule has 9 nitrogen and oxygen atoms in total. The molecule has 5 atom stereocenters. The molecule has 9 heteroatoms. The molecule has 0 aromatic rings. The van der Waals surface area contributed by atoms with Gasteiger partial charge in [-0.2, -0.15) is 0 Å². The number of ether oxygens (including phenoxy) is 5. The SMILES string of the molecule is CC(=O)OC1C2OC(=O)C(O2)C(OC(C)=O)C1OC(C)=O. The average molecular weight is 302 g/mol. The highest BCUT2D eigenvalue weighted by molar-refractivity contribution is 5.79. The molecular formula is C12H14O9. The summed E-state index contributed by atoms with van der Waals surface area (Å²) in [5.74, 6) is -2.87. The molecule has 2 heterocycles. The van der Waals surface area contributed by atoms with Crippen LogP contribution < -0.4 is 0 Å². The molecule has 116 valence electrons. The topological polar surface area (TPSA) is 114 Å². The van der Waals surface area contributed by atoms with Crippen LogP contribution in [0.15, 0.2) is 0 Å². The minimum atomic E-state index is -1.25. The Bertz CT molecular complexity index is 485. The van der Waals surface area contributed by atoms with Crippen molar-refractivity contribution in [2.24, 2.45) is 0 Å². The predicted octanol–water partition coefficient (Wildman–Crippen LogP) is -0.937. The maximum Gasteiger partial charge on any atom is 0.341 e. The Morgan fingerprint density at radius 2 is 1.33 bits per heavy atom. The Morgan fingerprint density at radius 1 is 0.857 bits per heavy atom. The Labute approximate surface area is 119 Å². The van der Waals surface area contributed by atoms with Crippen LogP contribution in [-0.2, 0) is 42.9 Å². The largest absolute Gasteiger partial charge is 0.455 e. The summed E-state index contributed by atoms with van der Waals surface area (Å²) in [7, 11) is 0. The smallest absolute Gasteiger partial charge is 0.341 e. The third-order valence-corrected chi connectivity index (χ3v) is 2.87. The molecule has 0 N–H and O–H groups in total. The summed E-state index contributed by atoms with van der Waals surface area (Å²) in [5, 5.41) is 0. The molecular weight excluding hydrogens is 288 g/mol. The third kappa shape index (κ3) is 3.13. The van der Waals surface area contributed by atoms with Crippen molar-refractivity contribution in [1.82, 2.24) is 0 Å². The first-order valence-electron chi connectivity index (χ1n) is 6.17. The molecule has 0 aliphatic carbocycles. The van der Waals surface area contributed by atoms with Crippen molar-refractivity contribution >= 4 is 23.9 Å². The van der Waals surface area contributed by atoms with Crippen molar-refractivity contribution in [3.05, 3.63) is 0 Å². The van der Waals surface area contributed by atoms with E-state index in [1.54, 1.807) is 0 Å². The molecule has 5 unspecified atom stereocenters. The van der Waals surface area contributed by atoms with Crippen molar-refractivity contribution in [2.45, 2.75) is 51.5 Å². The number of carbonyl (C=O) groups excluding carboxylic acids is 4. The lowest BCUT2D eigenvalue weighted by Crippen LogP contribution is -2.58. The van der Waals surface area contributed by atoms with E-state index < -0.39 is 54.6 Å². The van der Waals surface area contributed by atoms with Crippen molar-refractivity contribution in [3.8, 4) is 0 Å². The summed E-state index contributed by atoms with van der Waals surface area (Å²) in [6.45, 7) is 3.39. The first-order chi connectivity index (χ1) is 9.79. The molecule has 0 aromatic heterocycles. The number of rotatable bonds is 3. The van der Waals surface area contributed by atoms with E-state index in [2.05, 4.69) is 0 Å². The molecule has 2 saturated heterocycles. The zero-order chi connectivity index (χ0) is 15.7. The van der Waals surface area contributed by atoms with Crippen LogP contribution in [-0.4, -0.2) is 54.6 Å². The average Bonchev–Trinajstić information content (AvgIpc) is 2.67. The lowest BCUT2D eigenvalue weighted by molar-refractivity contribution is -0.250. The summed E-state index contributed by atoms with van der Waals surface area (Å²) < 4.78 is 25.1. The molecule has 0 aromatic carbocycles. The van der Waals surface area contributed by atoms with Crippen LogP contribution in [0.4, 0.5) is 0 Å². The van der Waals surface area contributed by atoms with Gasteiger partial charge in [0.2, 0.25) is 12.4 Å². The quantitative estimate of drug-likeness (QED) is 0.481. The summed E-state index contributed by atoms with van der Waals surface area (Å²) in [6.07, 6.45) is -6.08. The van der Waals surface area contributed by atoms with E-state index in [-0.39, 0.29) is 0 Å². The number of fused-ring (bicyclic) bond motifs is 2. The molecule has 2 rings (SSSR count). The first kappa shape index (κ1) is 15.2. The summed E-state index contributed by atoms with van der Waals surface area (Å²) in [5.41, 5.74) is 0. The Kier molecular flexibility index (Phi) is 4.12. The zero-order valence-electron chi connectivity index (χ0n) is 11.6. The van der Waals surface area contributed by atoms with Gasteiger partial charge in [-0.05, 0) is 0 Å². The molecule has 21 heavy (non-hydrogen) atoms. The Balaban J connectivity index is 2.32. The van der Waals surface area contributed by atoms with Crippen LogP contribution in [0.5, 0.6) is 0 Å². The lowest BCUT2D eigenvalue weighted by Gasteiger charge is -2.37. The van der Waals surface area contributed by atoms with Gasteiger partial charge in [-0.3, -0.25) is 14.4 Å². The van der Waals surface area contributed by atoms with Crippen LogP contribution in [0.1, 0.15) is 20.8 Å². The van der Waals surface area contributed by atoms with Crippen molar-refractivity contribution < 1.29 is 42.9 Å². The minimum Gasteiger partial charge on any atom is -0.455 e. The third-order valence-electron chi connectivity index (χ3n) is 2.87. The molecule has 0 spiro atoms. The van der Waals surface area contributed by atoms with Gasteiger partial charge in [0.1, 0.15) is 0 Å². The minimum absolute atomic E-state index is 0.691.